The van der Waals surface area contributed by atoms with Crippen LogP contribution in [0.4, 0.5) is 11.8 Å². The van der Waals surface area contributed by atoms with Crippen LogP contribution in [-0.2, 0) is 0 Å². The maximum atomic E-state index is 8.62. The van der Waals surface area contributed by atoms with E-state index in [1.54, 1.807) is 0 Å². The Kier molecular flexibility index (Phi) is 1.30. The summed E-state index contributed by atoms with van der Waals surface area (Å²) in [5.41, 5.74) is 11.0. The lowest BCUT2D eigenvalue weighted by atomic mass is 10.3. The van der Waals surface area contributed by atoms with E-state index in [4.69, 9.17) is 16.7 Å². The minimum Gasteiger partial charge on any atom is -0.382 e. The molecule has 0 aliphatic rings. The molecule has 0 atom stereocenters. The Hall–Kier alpha value is -2.36. The number of rotatable bonds is 0. The molecule has 0 bridgehead atoms. The second-order valence-electron chi connectivity index (χ2n) is 2.37. The number of nitrogens with two attached hydrogens (primary N) is 2. The largest absolute Gasteiger partial charge is 0.382 e. The zero-order valence-electron chi connectivity index (χ0n) is 6.47. The van der Waals surface area contributed by atoms with Gasteiger partial charge in [-0.1, -0.05) is 0 Å². The number of hydrogen-bond donors (Lipinski definition) is 2. The van der Waals surface area contributed by atoms with Crippen molar-refractivity contribution in [2.75, 3.05) is 11.5 Å². The van der Waals surface area contributed by atoms with E-state index in [1.165, 1.54) is 10.7 Å². The van der Waals surface area contributed by atoms with E-state index in [9.17, 15) is 0 Å². The summed E-state index contributed by atoms with van der Waals surface area (Å²) in [6.45, 7) is 0. The Morgan fingerprint density at radius 2 is 2.15 bits per heavy atom. The van der Waals surface area contributed by atoms with Crippen molar-refractivity contribution in [3.05, 3.63) is 11.8 Å². The van der Waals surface area contributed by atoms with Gasteiger partial charge in [-0.3, -0.25) is 0 Å². The lowest BCUT2D eigenvalue weighted by molar-refractivity contribution is 0.942. The molecule has 0 fully saturated rings. The second-order valence-corrected chi connectivity index (χ2v) is 2.37. The van der Waals surface area contributed by atoms with E-state index in [0.717, 1.165) is 0 Å². The first-order valence-corrected chi connectivity index (χ1v) is 3.39. The number of nitrogens with zero attached hydrogens (tertiary/aromatic N) is 5. The third-order valence-corrected chi connectivity index (χ3v) is 1.50. The lowest BCUT2D eigenvalue weighted by Gasteiger charge is -1.94. The van der Waals surface area contributed by atoms with Crippen LogP contribution in [0, 0.1) is 11.3 Å². The molecule has 0 amide bonds. The number of hydrogen-bond acceptors (Lipinski definition) is 6. The third-order valence-electron chi connectivity index (χ3n) is 1.50. The zero-order chi connectivity index (χ0) is 9.42. The van der Waals surface area contributed by atoms with Crippen LogP contribution in [0.3, 0.4) is 0 Å². The van der Waals surface area contributed by atoms with Crippen molar-refractivity contribution in [3.8, 4) is 6.07 Å². The van der Waals surface area contributed by atoms with Crippen molar-refractivity contribution < 1.29 is 0 Å². The Bertz CT molecular complexity index is 505. The minimum absolute atomic E-state index is 0.0991. The first-order chi connectivity index (χ1) is 6.20. The smallest absolute Gasteiger partial charge is 0.256 e. The normalized spacial score (nSPS) is 10.1. The number of nitriles is 1. The fraction of sp³-hybridized carbons (Fsp3) is 0. The summed E-state index contributed by atoms with van der Waals surface area (Å²) in [7, 11) is 0. The standard InChI is InChI=1S/C6H5N7/c7-1-3-2-13-6(10-4(3)8)11-5(9)12-13/h2H,(H4,8,9,10,11,12). The molecule has 13 heavy (non-hydrogen) atoms. The van der Waals surface area contributed by atoms with Gasteiger partial charge < -0.3 is 11.5 Å². The van der Waals surface area contributed by atoms with Gasteiger partial charge in [0.15, 0.2) is 0 Å². The first kappa shape index (κ1) is 7.30. The van der Waals surface area contributed by atoms with Crippen molar-refractivity contribution in [1.29, 1.82) is 5.26 Å². The van der Waals surface area contributed by atoms with Gasteiger partial charge in [-0.2, -0.15) is 15.2 Å². The van der Waals surface area contributed by atoms with Gasteiger partial charge in [-0.25, -0.2) is 4.52 Å². The molecule has 0 radical (unpaired) electrons. The molecule has 0 saturated heterocycles. The van der Waals surface area contributed by atoms with Crippen molar-refractivity contribution in [2.24, 2.45) is 0 Å². The van der Waals surface area contributed by atoms with Crippen LogP contribution in [0.25, 0.3) is 5.78 Å². The number of nitrogen functional groups attached to an aromatic ring is 2. The quantitative estimate of drug-likeness (QED) is 0.538. The molecule has 2 rings (SSSR count). The number of anilines is 2. The number of aromatic nitrogens is 4. The van der Waals surface area contributed by atoms with Crippen molar-refractivity contribution in [3.63, 3.8) is 0 Å². The predicted molar refractivity (Wildman–Crippen MR) is 44.3 cm³/mol. The third kappa shape index (κ3) is 1.01. The van der Waals surface area contributed by atoms with Gasteiger partial charge in [0.2, 0.25) is 5.95 Å². The molecule has 0 aromatic carbocycles. The predicted octanol–water partition coefficient (Wildman–Crippen LogP) is -0.840. The van der Waals surface area contributed by atoms with Gasteiger partial charge in [-0.15, -0.1) is 5.10 Å². The average molecular weight is 175 g/mol. The summed E-state index contributed by atoms with van der Waals surface area (Å²) < 4.78 is 1.31. The molecule has 0 unspecified atom stereocenters. The van der Waals surface area contributed by atoms with Crippen LogP contribution >= 0.6 is 0 Å². The van der Waals surface area contributed by atoms with Crippen molar-refractivity contribution >= 4 is 17.5 Å². The first-order valence-electron chi connectivity index (χ1n) is 3.39. The summed E-state index contributed by atoms with van der Waals surface area (Å²) in [5, 5.41) is 12.4. The van der Waals surface area contributed by atoms with Gasteiger partial charge in [0, 0.05) is 0 Å². The van der Waals surface area contributed by atoms with Gasteiger partial charge in [-0.05, 0) is 0 Å². The van der Waals surface area contributed by atoms with Gasteiger partial charge in [0.25, 0.3) is 5.78 Å². The molecule has 2 heterocycles. The van der Waals surface area contributed by atoms with Gasteiger partial charge in [0.05, 0.1) is 6.20 Å². The van der Waals surface area contributed by atoms with Gasteiger partial charge >= 0.3 is 0 Å². The summed E-state index contributed by atoms with van der Waals surface area (Å²) in [6, 6.07) is 1.88. The van der Waals surface area contributed by atoms with Crippen LogP contribution in [0.15, 0.2) is 6.20 Å². The molecule has 0 aliphatic heterocycles. The van der Waals surface area contributed by atoms with E-state index in [0.29, 0.717) is 0 Å². The summed E-state index contributed by atoms with van der Waals surface area (Å²) >= 11 is 0. The topological polar surface area (TPSA) is 119 Å². The lowest BCUT2D eigenvalue weighted by Crippen LogP contribution is -1.99. The van der Waals surface area contributed by atoms with Crippen LogP contribution < -0.4 is 11.5 Å². The van der Waals surface area contributed by atoms with Crippen LogP contribution in [0.1, 0.15) is 5.56 Å². The Morgan fingerprint density at radius 3 is 2.85 bits per heavy atom. The number of fused-ring (bicyclic) bond motifs is 1. The molecular formula is C6H5N7. The monoisotopic (exact) mass is 175 g/mol. The highest BCUT2D eigenvalue weighted by Gasteiger charge is 2.06. The summed E-state index contributed by atoms with van der Waals surface area (Å²) in [5.74, 6) is 0.512. The van der Waals surface area contributed by atoms with E-state index in [2.05, 4.69) is 15.1 Å². The maximum absolute atomic E-state index is 8.62. The van der Waals surface area contributed by atoms with Crippen molar-refractivity contribution in [1.82, 2.24) is 19.6 Å². The Labute approximate surface area is 72.6 Å². The molecule has 7 nitrogen and oxygen atoms in total. The highest BCUT2D eigenvalue weighted by atomic mass is 15.4. The molecule has 0 spiro atoms. The molecular weight excluding hydrogens is 170 g/mol. The maximum Gasteiger partial charge on any atom is 0.256 e. The average Bonchev–Trinajstić information content (AvgIpc) is 2.42. The molecule has 2 aromatic rings. The second kappa shape index (κ2) is 2.31. The van der Waals surface area contributed by atoms with Crippen molar-refractivity contribution in [2.45, 2.75) is 0 Å². The molecule has 0 aliphatic carbocycles. The van der Waals surface area contributed by atoms with Gasteiger partial charge in [0.1, 0.15) is 17.5 Å². The Balaban J connectivity index is 2.82. The fourth-order valence-corrected chi connectivity index (χ4v) is 0.937. The zero-order valence-corrected chi connectivity index (χ0v) is 6.47. The molecule has 0 saturated carbocycles. The summed E-state index contributed by atoms with van der Waals surface area (Å²) in [4.78, 5) is 7.61. The molecule has 64 valence electrons. The van der Waals surface area contributed by atoms with E-state index in [-0.39, 0.29) is 23.1 Å². The van der Waals surface area contributed by atoms with Crippen LogP contribution in [-0.4, -0.2) is 19.6 Å². The molecule has 7 heteroatoms. The molecule has 2 aromatic heterocycles. The van der Waals surface area contributed by atoms with E-state index >= 15 is 0 Å². The minimum atomic E-state index is 0.0991. The van der Waals surface area contributed by atoms with Crippen LogP contribution in [0.5, 0.6) is 0 Å². The fourth-order valence-electron chi connectivity index (χ4n) is 0.937. The SMILES string of the molecule is N#Cc1cn2nc(N)nc2nc1N. The molecule has 4 N–H and O–H groups in total. The van der Waals surface area contributed by atoms with E-state index in [1.807, 2.05) is 6.07 Å². The van der Waals surface area contributed by atoms with Crippen LogP contribution in [0.2, 0.25) is 0 Å². The highest BCUT2D eigenvalue weighted by Crippen LogP contribution is 2.08. The Morgan fingerprint density at radius 1 is 1.38 bits per heavy atom. The van der Waals surface area contributed by atoms with E-state index < -0.39 is 0 Å². The summed E-state index contributed by atoms with van der Waals surface area (Å²) in [6.07, 6.45) is 1.43. The highest BCUT2D eigenvalue weighted by molar-refractivity contribution is 5.51.